The van der Waals surface area contributed by atoms with Gasteiger partial charge >= 0.3 is 6.18 Å². The Bertz CT molecular complexity index is 1310. The zero-order valence-corrected chi connectivity index (χ0v) is 18.3. The number of aromatic nitrogens is 3. The van der Waals surface area contributed by atoms with Crippen LogP contribution in [0.1, 0.15) is 17.2 Å². The fourth-order valence-corrected chi connectivity index (χ4v) is 4.86. The van der Waals surface area contributed by atoms with Gasteiger partial charge in [0, 0.05) is 5.56 Å². The topological polar surface area (TPSA) is 71.8 Å². The normalized spacial score (nSPS) is 17.5. The van der Waals surface area contributed by atoms with Crippen molar-refractivity contribution in [1.29, 1.82) is 0 Å². The molecular formula is C24H18F3N5OS. The summed E-state index contributed by atoms with van der Waals surface area (Å²) in [6.45, 7) is 0. The minimum atomic E-state index is -4.59. The van der Waals surface area contributed by atoms with Crippen LogP contribution in [0, 0.1) is 0 Å². The first-order chi connectivity index (χ1) is 16.4. The van der Waals surface area contributed by atoms with E-state index in [4.69, 9.17) is 0 Å². The lowest BCUT2D eigenvalue weighted by Crippen LogP contribution is -2.41. The van der Waals surface area contributed by atoms with Crippen molar-refractivity contribution in [3.05, 3.63) is 96.1 Å². The van der Waals surface area contributed by atoms with E-state index in [1.54, 1.807) is 4.68 Å². The van der Waals surface area contributed by atoms with Crippen molar-refractivity contribution in [2.45, 2.75) is 22.6 Å². The molecule has 4 aromatic rings. The van der Waals surface area contributed by atoms with Crippen molar-refractivity contribution in [3.8, 4) is 11.4 Å². The Hall–Kier alpha value is -3.79. The molecule has 2 N–H and O–H groups in total. The third-order valence-electron chi connectivity index (χ3n) is 5.38. The number of halogens is 3. The van der Waals surface area contributed by atoms with Gasteiger partial charge in [0.25, 0.3) is 0 Å². The summed E-state index contributed by atoms with van der Waals surface area (Å²) in [4.78, 5) is 13.3. The highest BCUT2D eigenvalue weighted by Gasteiger charge is 2.39. The average molecular weight is 482 g/mol. The van der Waals surface area contributed by atoms with Gasteiger partial charge in [-0.15, -0.1) is 10.2 Å². The van der Waals surface area contributed by atoms with Crippen LogP contribution in [0.25, 0.3) is 11.4 Å². The number of carbonyl (C=O) groups excluding carboxylic acids is 1. The van der Waals surface area contributed by atoms with Gasteiger partial charge in [-0.05, 0) is 17.7 Å². The van der Waals surface area contributed by atoms with Crippen LogP contribution >= 0.6 is 11.8 Å². The van der Waals surface area contributed by atoms with E-state index in [-0.39, 0.29) is 5.69 Å². The highest BCUT2D eigenvalue weighted by atomic mass is 32.2. The van der Waals surface area contributed by atoms with Crippen LogP contribution in [0.4, 0.5) is 18.9 Å². The largest absolute Gasteiger partial charge is 0.418 e. The molecule has 1 aliphatic rings. The fraction of sp³-hybridized carbons (Fsp3) is 0.125. The number of hydrogen-bond acceptors (Lipinski definition) is 5. The Morgan fingerprint density at radius 3 is 2.26 bits per heavy atom. The van der Waals surface area contributed by atoms with E-state index < -0.39 is 28.9 Å². The monoisotopic (exact) mass is 481 g/mol. The van der Waals surface area contributed by atoms with Gasteiger partial charge in [0.15, 0.2) is 5.82 Å². The molecule has 172 valence electrons. The molecule has 0 saturated heterocycles. The maximum Gasteiger partial charge on any atom is 0.418 e. The predicted octanol–water partition coefficient (Wildman–Crippen LogP) is 5.36. The molecular weight excluding hydrogens is 463 g/mol. The molecule has 0 saturated carbocycles. The van der Waals surface area contributed by atoms with Gasteiger partial charge < -0.3 is 10.7 Å². The van der Waals surface area contributed by atoms with Crippen molar-refractivity contribution in [3.63, 3.8) is 0 Å². The number of para-hydroxylation sites is 1. The molecule has 0 spiro atoms. The lowest BCUT2D eigenvalue weighted by molar-refractivity contribution is -0.137. The molecule has 0 bridgehead atoms. The fourth-order valence-electron chi connectivity index (χ4n) is 3.78. The van der Waals surface area contributed by atoms with E-state index in [1.165, 1.54) is 18.2 Å². The van der Waals surface area contributed by atoms with E-state index in [9.17, 15) is 18.0 Å². The Morgan fingerprint density at radius 1 is 0.912 bits per heavy atom. The Kier molecular flexibility index (Phi) is 5.74. The van der Waals surface area contributed by atoms with E-state index in [0.29, 0.717) is 11.0 Å². The SMILES string of the molecule is O=C(Nc1ccccc1C(F)(F)F)[C@@H]1Sc2nnc(-c3ccccc3)n2N[C@H]1c1ccccc1. The average Bonchev–Trinajstić information content (AvgIpc) is 3.27. The first-order valence-electron chi connectivity index (χ1n) is 10.4. The zero-order valence-electron chi connectivity index (χ0n) is 17.5. The second kappa shape index (κ2) is 8.86. The molecule has 1 amide bonds. The Balaban J connectivity index is 1.51. The summed E-state index contributed by atoms with van der Waals surface area (Å²) in [5, 5.41) is 10.6. The lowest BCUT2D eigenvalue weighted by atomic mass is 10.0. The summed E-state index contributed by atoms with van der Waals surface area (Å²) in [6.07, 6.45) is -4.59. The number of hydrogen-bond donors (Lipinski definition) is 2. The van der Waals surface area contributed by atoms with Gasteiger partial charge in [-0.2, -0.15) is 13.2 Å². The molecule has 34 heavy (non-hydrogen) atoms. The maximum atomic E-state index is 13.5. The molecule has 2 atom stereocenters. The van der Waals surface area contributed by atoms with Gasteiger partial charge in [-0.1, -0.05) is 84.6 Å². The number of carbonyl (C=O) groups is 1. The number of thioether (sulfide) groups is 1. The van der Waals surface area contributed by atoms with E-state index in [2.05, 4.69) is 20.9 Å². The summed E-state index contributed by atoms with van der Waals surface area (Å²) in [6, 6.07) is 23.1. The van der Waals surface area contributed by atoms with Crippen LogP contribution in [-0.4, -0.2) is 26.0 Å². The van der Waals surface area contributed by atoms with Crippen LogP contribution in [-0.2, 0) is 11.0 Å². The van der Waals surface area contributed by atoms with E-state index >= 15 is 0 Å². The lowest BCUT2D eigenvalue weighted by Gasteiger charge is -2.33. The van der Waals surface area contributed by atoms with E-state index in [1.807, 2.05) is 60.7 Å². The quantitative estimate of drug-likeness (QED) is 0.411. The number of nitrogens with one attached hydrogen (secondary N) is 2. The van der Waals surface area contributed by atoms with Crippen molar-refractivity contribution >= 4 is 23.4 Å². The van der Waals surface area contributed by atoms with Crippen LogP contribution in [0.2, 0.25) is 0 Å². The number of rotatable bonds is 4. The molecule has 0 fully saturated rings. The Morgan fingerprint density at radius 2 is 1.56 bits per heavy atom. The molecule has 10 heteroatoms. The third-order valence-corrected chi connectivity index (χ3v) is 6.59. The number of anilines is 1. The molecule has 3 aromatic carbocycles. The van der Waals surface area contributed by atoms with E-state index in [0.717, 1.165) is 29.0 Å². The van der Waals surface area contributed by atoms with Crippen molar-refractivity contribution < 1.29 is 18.0 Å². The molecule has 6 nitrogen and oxygen atoms in total. The predicted molar refractivity (Wildman–Crippen MR) is 124 cm³/mol. The molecule has 0 unspecified atom stereocenters. The first kappa shape index (κ1) is 22.0. The molecule has 2 heterocycles. The Labute approximate surface area is 197 Å². The highest BCUT2D eigenvalue weighted by Crippen LogP contribution is 2.40. The summed E-state index contributed by atoms with van der Waals surface area (Å²) in [7, 11) is 0. The van der Waals surface area contributed by atoms with Crippen molar-refractivity contribution in [1.82, 2.24) is 14.9 Å². The number of amides is 1. The number of alkyl halides is 3. The second-order valence-corrected chi connectivity index (χ2v) is 8.70. The van der Waals surface area contributed by atoms with Gasteiger partial charge in [0.2, 0.25) is 11.1 Å². The third kappa shape index (κ3) is 4.24. The molecule has 0 radical (unpaired) electrons. The maximum absolute atomic E-state index is 13.5. The van der Waals surface area contributed by atoms with Gasteiger partial charge in [-0.3, -0.25) is 4.79 Å². The number of benzene rings is 3. The van der Waals surface area contributed by atoms with Crippen LogP contribution in [0.15, 0.2) is 90.1 Å². The minimum Gasteiger partial charge on any atom is -0.324 e. The number of nitrogens with zero attached hydrogens (tertiary/aromatic N) is 3. The van der Waals surface area contributed by atoms with Crippen LogP contribution < -0.4 is 10.7 Å². The molecule has 0 aliphatic carbocycles. The van der Waals surface area contributed by atoms with Gasteiger partial charge in [0.1, 0.15) is 5.25 Å². The number of fused-ring (bicyclic) bond motifs is 1. The second-order valence-electron chi connectivity index (χ2n) is 7.60. The van der Waals surface area contributed by atoms with Crippen LogP contribution in [0.5, 0.6) is 0 Å². The van der Waals surface area contributed by atoms with Crippen LogP contribution in [0.3, 0.4) is 0 Å². The summed E-state index contributed by atoms with van der Waals surface area (Å²) >= 11 is 1.15. The minimum absolute atomic E-state index is 0.288. The van der Waals surface area contributed by atoms with Gasteiger partial charge in [0.05, 0.1) is 17.3 Å². The summed E-state index contributed by atoms with van der Waals surface area (Å²) in [5.74, 6) is 0.00358. The standard InChI is InChI=1S/C24H18F3N5OS/c25-24(26,27)17-13-7-8-14-18(17)28-22(33)20-19(15-9-3-1-4-10-15)31-32-21(29-30-23(32)34-20)16-11-5-2-6-12-16/h1-14,19-20,31H,(H,28,33)/t19-,20+/m0/s1. The smallest absolute Gasteiger partial charge is 0.324 e. The summed E-state index contributed by atoms with van der Waals surface area (Å²) in [5.41, 5.74) is 3.76. The first-order valence-corrected chi connectivity index (χ1v) is 11.3. The van der Waals surface area contributed by atoms with Crippen molar-refractivity contribution in [2.75, 3.05) is 10.7 Å². The zero-order chi connectivity index (χ0) is 23.7. The van der Waals surface area contributed by atoms with Gasteiger partial charge in [-0.25, -0.2) is 4.68 Å². The molecule has 5 rings (SSSR count). The molecule has 1 aromatic heterocycles. The van der Waals surface area contributed by atoms with Crippen molar-refractivity contribution in [2.24, 2.45) is 0 Å². The molecule has 1 aliphatic heterocycles. The highest BCUT2D eigenvalue weighted by molar-refractivity contribution is 8.00. The summed E-state index contributed by atoms with van der Waals surface area (Å²) < 4.78 is 42.1.